The molecule has 0 aliphatic carbocycles. The molecule has 0 radical (unpaired) electrons. The second-order valence-corrected chi connectivity index (χ2v) is 8.95. The van der Waals surface area contributed by atoms with Gasteiger partial charge in [-0.05, 0) is 78.2 Å². The molecule has 7 nitrogen and oxygen atoms in total. The fourth-order valence-electron chi connectivity index (χ4n) is 4.07. The summed E-state index contributed by atoms with van der Waals surface area (Å²) in [6.07, 6.45) is 5.07. The van der Waals surface area contributed by atoms with E-state index in [9.17, 15) is 4.79 Å². The first-order valence-corrected chi connectivity index (χ1v) is 12.3. The molecule has 32 heavy (non-hydrogen) atoms. The molecule has 1 unspecified atom stereocenters. The Labute approximate surface area is 194 Å². The number of aliphatic imine (C=N–C) groups is 1. The van der Waals surface area contributed by atoms with Crippen LogP contribution in [-0.2, 0) is 11.3 Å². The van der Waals surface area contributed by atoms with Crippen LogP contribution in [0.4, 0.5) is 0 Å². The zero-order chi connectivity index (χ0) is 23.2. The van der Waals surface area contributed by atoms with E-state index >= 15 is 0 Å². The number of hydrogen-bond donors (Lipinski definition) is 3. The maximum atomic E-state index is 11.3. The van der Waals surface area contributed by atoms with Gasteiger partial charge in [0.05, 0.1) is 0 Å². The van der Waals surface area contributed by atoms with Gasteiger partial charge in [-0.15, -0.1) is 0 Å². The second kappa shape index (κ2) is 14.9. The molecule has 1 heterocycles. The number of amides is 1. The van der Waals surface area contributed by atoms with Gasteiger partial charge in [-0.3, -0.25) is 14.7 Å². The molecule has 1 atom stereocenters. The van der Waals surface area contributed by atoms with Gasteiger partial charge >= 0.3 is 0 Å². The van der Waals surface area contributed by atoms with Crippen molar-refractivity contribution in [3.63, 3.8) is 0 Å². The Morgan fingerprint density at radius 2 is 1.94 bits per heavy atom. The fraction of sp³-hybridized carbons (Fsp3) is 0.680. The van der Waals surface area contributed by atoms with Gasteiger partial charge in [0.15, 0.2) is 5.96 Å². The number of unbranched alkanes of at least 4 members (excludes halogenated alkanes) is 1. The number of carbonyl (C=O) groups is 1. The normalized spacial score (nSPS) is 16.8. The van der Waals surface area contributed by atoms with Crippen LogP contribution in [0, 0.1) is 5.92 Å². The highest BCUT2D eigenvalue weighted by Gasteiger charge is 2.22. The average Bonchev–Trinajstić information content (AvgIpc) is 2.79. The Bertz CT molecular complexity index is 672. The zero-order valence-corrected chi connectivity index (χ0v) is 20.4. The number of nitrogens with two attached hydrogens (primary N) is 1. The van der Waals surface area contributed by atoms with E-state index in [0.717, 1.165) is 83.9 Å². The summed E-state index contributed by atoms with van der Waals surface area (Å²) in [4.78, 5) is 20.9. The van der Waals surface area contributed by atoms with Gasteiger partial charge in [0.2, 0.25) is 5.91 Å². The van der Waals surface area contributed by atoms with E-state index in [1.807, 2.05) is 0 Å². The average molecular weight is 445 g/mol. The van der Waals surface area contributed by atoms with Crippen molar-refractivity contribution < 1.29 is 4.79 Å². The molecule has 1 fully saturated rings. The molecule has 0 aromatic heterocycles. The number of rotatable bonds is 13. The van der Waals surface area contributed by atoms with Crippen molar-refractivity contribution in [3.8, 4) is 0 Å². The summed E-state index contributed by atoms with van der Waals surface area (Å²) in [5.41, 5.74) is 6.76. The Kier molecular flexibility index (Phi) is 12.1. The molecule has 1 aliphatic heterocycles. The molecule has 1 aromatic carbocycles. The number of nitrogens with one attached hydrogen (secondary N) is 2. The third kappa shape index (κ3) is 10.0. The van der Waals surface area contributed by atoms with Crippen LogP contribution in [0.2, 0.25) is 0 Å². The fourth-order valence-corrected chi connectivity index (χ4v) is 4.07. The van der Waals surface area contributed by atoms with E-state index in [0.29, 0.717) is 6.04 Å². The van der Waals surface area contributed by atoms with Gasteiger partial charge in [0, 0.05) is 38.1 Å². The van der Waals surface area contributed by atoms with Gasteiger partial charge in [-0.2, -0.15) is 0 Å². The van der Waals surface area contributed by atoms with Crippen LogP contribution >= 0.6 is 0 Å². The molecule has 180 valence electrons. The summed E-state index contributed by atoms with van der Waals surface area (Å²) in [7, 11) is 2.19. The predicted molar refractivity (Wildman–Crippen MR) is 134 cm³/mol. The van der Waals surface area contributed by atoms with Gasteiger partial charge in [-0.1, -0.05) is 30.3 Å². The van der Waals surface area contributed by atoms with Crippen LogP contribution in [0.1, 0.15) is 51.5 Å². The topological polar surface area (TPSA) is 86.0 Å². The van der Waals surface area contributed by atoms with Crippen molar-refractivity contribution in [2.75, 3.05) is 46.3 Å². The van der Waals surface area contributed by atoms with Crippen LogP contribution in [-0.4, -0.2) is 74.0 Å². The SMILES string of the molecule is CCNC(=NCCCCN1CCC(C(N)=O)CC1)NCCC(C)N(C)Cc1ccccc1. The molecular formula is C25H44N6O. The first-order chi connectivity index (χ1) is 15.5. The summed E-state index contributed by atoms with van der Waals surface area (Å²) in [5.74, 6) is 0.845. The number of guanidine groups is 1. The quantitative estimate of drug-likeness (QED) is 0.247. The summed E-state index contributed by atoms with van der Waals surface area (Å²) < 4.78 is 0. The van der Waals surface area contributed by atoms with E-state index in [4.69, 9.17) is 10.7 Å². The molecule has 7 heteroatoms. The predicted octanol–water partition coefficient (Wildman–Crippen LogP) is 2.43. The zero-order valence-electron chi connectivity index (χ0n) is 20.4. The third-order valence-corrected chi connectivity index (χ3v) is 6.37. The van der Waals surface area contributed by atoms with E-state index < -0.39 is 0 Å². The number of piperidine rings is 1. The molecule has 4 N–H and O–H groups in total. The lowest BCUT2D eigenvalue weighted by Gasteiger charge is -2.30. The van der Waals surface area contributed by atoms with Gasteiger partial charge in [0.25, 0.3) is 0 Å². The van der Waals surface area contributed by atoms with Crippen molar-refractivity contribution in [2.45, 2.75) is 58.5 Å². The summed E-state index contributed by atoms with van der Waals surface area (Å²) in [6, 6.07) is 11.1. The minimum Gasteiger partial charge on any atom is -0.369 e. The Hall–Kier alpha value is -2.12. The highest BCUT2D eigenvalue weighted by Crippen LogP contribution is 2.16. The van der Waals surface area contributed by atoms with Crippen LogP contribution in [0.25, 0.3) is 0 Å². The van der Waals surface area contributed by atoms with Crippen molar-refractivity contribution in [1.29, 1.82) is 0 Å². The first-order valence-electron chi connectivity index (χ1n) is 12.3. The van der Waals surface area contributed by atoms with Crippen molar-refractivity contribution in [1.82, 2.24) is 20.4 Å². The number of nitrogens with zero attached hydrogens (tertiary/aromatic N) is 3. The Balaban J connectivity index is 1.61. The largest absolute Gasteiger partial charge is 0.369 e. The molecule has 0 saturated carbocycles. The molecule has 1 saturated heterocycles. The van der Waals surface area contributed by atoms with Gasteiger partial charge in [-0.25, -0.2) is 0 Å². The highest BCUT2D eigenvalue weighted by molar-refractivity contribution is 5.79. The van der Waals surface area contributed by atoms with E-state index in [2.05, 4.69) is 71.7 Å². The molecule has 0 spiro atoms. The van der Waals surface area contributed by atoms with Crippen LogP contribution in [0.3, 0.4) is 0 Å². The minimum absolute atomic E-state index is 0.0745. The lowest BCUT2D eigenvalue weighted by Crippen LogP contribution is -2.40. The first kappa shape index (κ1) is 26.1. The Morgan fingerprint density at radius 1 is 1.22 bits per heavy atom. The minimum atomic E-state index is -0.139. The highest BCUT2D eigenvalue weighted by atomic mass is 16.1. The van der Waals surface area contributed by atoms with E-state index in [1.54, 1.807) is 0 Å². The second-order valence-electron chi connectivity index (χ2n) is 8.95. The summed E-state index contributed by atoms with van der Waals surface area (Å²) >= 11 is 0. The lowest BCUT2D eigenvalue weighted by molar-refractivity contribution is -0.123. The molecule has 1 aliphatic rings. The smallest absolute Gasteiger partial charge is 0.220 e. The summed E-state index contributed by atoms with van der Waals surface area (Å²) in [5, 5.41) is 6.84. The molecule has 1 amide bonds. The van der Waals surface area contributed by atoms with Gasteiger partial charge in [0.1, 0.15) is 0 Å². The van der Waals surface area contributed by atoms with Crippen LogP contribution in [0.15, 0.2) is 35.3 Å². The van der Waals surface area contributed by atoms with Crippen LogP contribution < -0.4 is 16.4 Å². The lowest BCUT2D eigenvalue weighted by atomic mass is 9.96. The number of primary amides is 1. The Morgan fingerprint density at radius 3 is 2.59 bits per heavy atom. The van der Waals surface area contributed by atoms with E-state index in [-0.39, 0.29) is 11.8 Å². The molecule has 0 bridgehead atoms. The number of benzene rings is 1. The van der Waals surface area contributed by atoms with E-state index in [1.165, 1.54) is 5.56 Å². The van der Waals surface area contributed by atoms with Crippen molar-refractivity contribution in [3.05, 3.63) is 35.9 Å². The monoisotopic (exact) mass is 444 g/mol. The molecular weight excluding hydrogens is 400 g/mol. The summed E-state index contributed by atoms with van der Waals surface area (Å²) in [6.45, 7) is 11.0. The maximum absolute atomic E-state index is 11.3. The standard InChI is InChI=1S/C25H44N6O/c1-4-27-25(28-15-8-9-17-31-18-13-23(14-19-31)24(26)32)29-16-12-21(2)30(3)20-22-10-6-5-7-11-22/h5-7,10-11,21,23H,4,8-9,12-20H2,1-3H3,(H2,26,32)(H2,27,28,29). The van der Waals surface area contributed by atoms with Crippen LogP contribution in [0.5, 0.6) is 0 Å². The van der Waals surface area contributed by atoms with Crippen molar-refractivity contribution >= 4 is 11.9 Å². The number of hydrogen-bond acceptors (Lipinski definition) is 4. The molecule has 1 aromatic rings. The van der Waals surface area contributed by atoms with Gasteiger partial charge < -0.3 is 21.3 Å². The van der Waals surface area contributed by atoms with Crippen molar-refractivity contribution in [2.24, 2.45) is 16.6 Å². The number of carbonyl (C=O) groups excluding carboxylic acids is 1. The maximum Gasteiger partial charge on any atom is 0.220 e. The molecule has 2 rings (SSSR count). The number of likely N-dealkylation sites (tertiary alicyclic amines) is 1. The third-order valence-electron chi connectivity index (χ3n) is 6.37.